The molecular weight excluding hydrogens is 424 g/mol. The number of methoxy groups -OCH3 is 1. The molecule has 0 saturated carbocycles. The summed E-state index contributed by atoms with van der Waals surface area (Å²) in [5, 5.41) is 22.1. The van der Waals surface area contributed by atoms with Crippen LogP contribution in [0.4, 0.5) is 5.69 Å². The molecule has 0 spiro atoms. The minimum absolute atomic E-state index is 0.0647. The van der Waals surface area contributed by atoms with Gasteiger partial charge in [0.1, 0.15) is 21.6 Å². The number of hydrogen-bond donors (Lipinski definition) is 3. The van der Waals surface area contributed by atoms with Crippen LogP contribution in [-0.4, -0.2) is 44.9 Å². The number of phenolic OH excluding ortho intramolecular Hbond substituents is 2. The number of carbonyl (C=O) groups is 2. The standard InChI is InChI=1S/C21H20N2O5S2/c1-28-16-8-5-14(6-9-16)22-19(26)3-2-10-23-20(27)18(30-21(23)29)11-13-4-7-15(24)12-17(13)25/h4-9,11-12,24-25H,2-3,10H2,1H3,(H,22,26)/b18-11-. The van der Waals surface area contributed by atoms with Gasteiger partial charge in [0.05, 0.1) is 12.0 Å². The molecule has 0 unspecified atom stereocenters. The van der Waals surface area contributed by atoms with E-state index in [2.05, 4.69) is 5.32 Å². The van der Waals surface area contributed by atoms with Gasteiger partial charge in [-0.2, -0.15) is 0 Å². The lowest BCUT2D eigenvalue weighted by molar-refractivity contribution is -0.122. The average molecular weight is 445 g/mol. The van der Waals surface area contributed by atoms with E-state index in [4.69, 9.17) is 17.0 Å². The number of ether oxygens (including phenoxy) is 1. The number of carbonyl (C=O) groups excluding carboxylic acids is 2. The van der Waals surface area contributed by atoms with Crippen molar-refractivity contribution in [2.45, 2.75) is 12.8 Å². The van der Waals surface area contributed by atoms with Crippen molar-refractivity contribution < 1.29 is 24.5 Å². The highest BCUT2D eigenvalue weighted by molar-refractivity contribution is 8.26. The molecule has 30 heavy (non-hydrogen) atoms. The Labute approximate surface area is 183 Å². The molecule has 0 bridgehead atoms. The summed E-state index contributed by atoms with van der Waals surface area (Å²) in [6.07, 6.45) is 2.22. The number of aromatic hydroxyl groups is 2. The monoisotopic (exact) mass is 444 g/mol. The second kappa shape index (κ2) is 9.64. The molecule has 156 valence electrons. The summed E-state index contributed by atoms with van der Waals surface area (Å²) in [7, 11) is 1.57. The van der Waals surface area contributed by atoms with Gasteiger partial charge in [0.15, 0.2) is 0 Å². The van der Waals surface area contributed by atoms with E-state index >= 15 is 0 Å². The van der Waals surface area contributed by atoms with Crippen LogP contribution in [0.25, 0.3) is 6.08 Å². The maximum atomic E-state index is 12.6. The molecule has 1 aliphatic rings. The third kappa shape index (κ3) is 5.31. The number of nitrogens with one attached hydrogen (secondary N) is 1. The van der Waals surface area contributed by atoms with Gasteiger partial charge in [0, 0.05) is 30.3 Å². The molecule has 3 rings (SSSR count). The molecule has 7 nitrogen and oxygen atoms in total. The van der Waals surface area contributed by atoms with Crippen LogP contribution in [0.15, 0.2) is 47.4 Å². The predicted octanol–water partition coefficient (Wildman–Crippen LogP) is 3.73. The zero-order chi connectivity index (χ0) is 21.7. The zero-order valence-corrected chi connectivity index (χ0v) is 17.8. The van der Waals surface area contributed by atoms with Crippen LogP contribution in [0.3, 0.4) is 0 Å². The van der Waals surface area contributed by atoms with Gasteiger partial charge in [-0.25, -0.2) is 0 Å². The largest absolute Gasteiger partial charge is 0.508 e. The Kier molecular flexibility index (Phi) is 6.96. The van der Waals surface area contributed by atoms with Crippen LogP contribution < -0.4 is 10.1 Å². The number of rotatable bonds is 7. The number of anilines is 1. The molecular formula is C21H20N2O5S2. The van der Waals surface area contributed by atoms with Crippen LogP contribution in [0, 0.1) is 0 Å². The molecule has 1 heterocycles. The molecule has 2 amide bonds. The minimum atomic E-state index is -0.270. The topological polar surface area (TPSA) is 99.1 Å². The average Bonchev–Trinajstić information content (AvgIpc) is 2.98. The Balaban J connectivity index is 1.54. The highest BCUT2D eigenvalue weighted by atomic mass is 32.2. The fourth-order valence-electron chi connectivity index (χ4n) is 2.78. The van der Waals surface area contributed by atoms with Gasteiger partial charge < -0.3 is 20.3 Å². The number of thiocarbonyl (C=S) groups is 1. The van der Waals surface area contributed by atoms with Crippen molar-refractivity contribution in [3.05, 3.63) is 52.9 Å². The molecule has 9 heteroatoms. The Morgan fingerprint density at radius 1 is 1.23 bits per heavy atom. The quantitative estimate of drug-likeness (QED) is 0.442. The van der Waals surface area contributed by atoms with E-state index in [1.54, 1.807) is 31.4 Å². The number of nitrogens with zero attached hydrogens (tertiary/aromatic N) is 1. The molecule has 2 aromatic rings. The van der Waals surface area contributed by atoms with Crippen molar-refractivity contribution in [3.8, 4) is 17.2 Å². The van der Waals surface area contributed by atoms with Crippen LogP contribution in [0.2, 0.25) is 0 Å². The first-order valence-corrected chi connectivity index (χ1v) is 10.3. The molecule has 1 aliphatic heterocycles. The van der Waals surface area contributed by atoms with Gasteiger partial charge in [-0.1, -0.05) is 24.0 Å². The Morgan fingerprint density at radius 2 is 1.97 bits per heavy atom. The minimum Gasteiger partial charge on any atom is -0.508 e. The Morgan fingerprint density at radius 3 is 2.63 bits per heavy atom. The van der Waals surface area contributed by atoms with Crippen molar-refractivity contribution in [3.63, 3.8) is 0 Å². The van der Waals surface area contributed by atoms with Gasteiger partial charge in [-0.15, -0.1) is 0 Å². The Bertz CT molecular complexity index is 1000. The molecule has 3 N–H and O–H groups in total. The van der Waals surface area contributed by atoms with Crippen LogP contribution >= 0.6 is 24.0 Å². The first-order chi connectivity index (χ1) is 14.4. The molecule has 0 atom stereocenters. The van der Waals surface area contributed by atoms with Gasteiger partial charge in [-0.05, 0) is 48.9 Å². The third-order valence-electron chi connectivity index (χ3n) is 4.33. The van der Waals surface area contributed by atoms with E-state index in [0.717, 1.165) is 11.8 Å². The van der Waals surface area contributed by atoms with E-state index in [0.29, 0.717) is 39.2 Å². The zero-order valence-electron chi connectivity index (χ0n) is 16.1. The number of benzene rings is 2. The van der Waals surface area contributed by atoms with Crippen molar-refractivity contribution >= 4 is 51.9 Å². The Hall–Kier alpha value is -3.04. The summed E-state index contributed by atoms with van der Waals surface area (Å²) in [6, 6.07) is 11.2. The van der Waals surface area contributed by atoms with E-state index in [-0.39, 0.29) is 29.7 Å². The number of hydrogen-bond acceptors (Lipinski definition) is 7. The second-order valence-electron chi connectivity index (χ2n) is 6.46. The van der Waals surface area contributed by atoms with Crippen molar-refractivity contribution in [1.82, 2.24) is 4.90 Å². The van der Waals surface area contributed by atoms with Crippen molar-refractivity contribution in [2.24, 2.45) is 0 Å². The molecule has 0 radical (unpaired) electrons. The lowest BCUT2D eigenvalue weighted by Gasteiger charge is -2.14. The summed E-state index contributed by atoms with van der Waals surface area (Å²) in [6.45, 7) is 0.319. The first kappa shape index (κ1) is 21.7. The second-order valence-corrected chi connectivity index (χ2v) is 8.13. The van der Waals surface area contributed by atoms with Crippen molar-refractivity contribution in [2.75, 3.05) is 19.0 Å². The van der Waals surface area contributed by atoms with Crippen molar-refractivity contribution in [1.29, 1.82) is 0 Å². The lowest BCUT2D eigenvalue weighted by Crippen LogP contribution is -2.29. The number of thioether (sulfide) groups is 1. The maximum Gasteiger partial charge on any atom is 0.266 e. The summed E-state index contributed by atoms with van der Waals surface area (Å²) < 4.78 is 5.48. The molecule has 2 aromatic carbocycles. The van der Waals surface area contributed by atoms with Gasteiger partial charge in [-0.3, -0.25) is 14.5 Å². The van der Waals surface area contributed by atoms with E-state index in [1.807, 2.05) is 0 Å². The fourth-order valence-corrected chi connectivity index (χ4v) is 4.08. The van der Waals surface area contributed by atoms with Crippen LogP contribution in [0.1, 0.15) is 18.4 Å². The van der Waals surface area contributed by atoms with Crippen LogP contribution in [0.5, 0.6) is 17.2 Å². The number of phenols is 2. The maximum absolute atomic E-state index is 12.6. The van der Waals surface area contributed by atoms with Gasteiger partial charge in [0.2, 0.25) is 5.91 Å². The molecule has 0 aromatic heterocycles. The third-order valence-corrected chi connectivity index (χ3v) is 5.71. The van der Waals surface area contributed by atoms with Gasteiger partial charge in [0.25, 0.3) is 5.91 Å². The SMILES string of the molecule is COc1ccc(NC(=O)CCCN2C(=O)/C(=C/c3ccc(O)cc3O)SC2=S)cc1. The first-order valence-electron chi connectivity index (χ1n) is 9.08. The summed E-state index contributed by atoms with van der Waals surface area (Å²) in [5.41, 5.74) is 1.08. The van der Waals surface area contributed by atoms with E-state index in [1.165, 1.54) is 29.2 Å². The summed E-state index contributed by atoms with van der Waals surface area (Å²) in [4.78, 5) is 26.6. The lowest BCUT2D eigenvalue weighted by atomic mass is 10.1. The molecule has 0 aliphatic carbocycles. The highest BCUT2D eigenvalue weighted by Gasteiger charge is 2.31. The van der Waals surface area contributed by atoms with E-state index in [9.17, 15) is 19.8 Å². The highest BCUT2D eigenvalue weighted by Crippen LogP contribution is 2.35. The predicted molar refractivity (Wildman–Crippen MR) is 121 cm³/mol. The van der Waals surface area contributed by atoms with Gasteiger partial charge >= 0.3 is 0 Å². The smallest absolute Gasteiger partial charge is 0.266 e. The molecule has 1 saturated heterocycles. The van der Waals surface area contributed by atoms with Crippen LogP contribution in [-0.2, 0) is 9.59 Å². The fraction of sp³-hybridized carbons (Fsp3) is 0.190. The van der Waals surface area contributed by atoms with E-state index < -0.39 is 0 Å². The summed E-state index contributed by atoms with van der Waals surface area (Å²) >= 11 is 6.42. The normalized spacial score (nSPS) is 15.0. The summed E-state index contributed by atoms with van der Waals surface area (Å²) in [5.74, 6) is 0.0832. The number of amides is 2. The molecule has 1 fully saturated rings.